The number of nitrogens with one attached hydrogen (secondary N) is 1. The highest BCUT2D eigenvalue weighted by Gasteiger charge is 2.43. The van der Waals surface area contributed by atoms with E-state index in [2.05, 4.69) is 15.5 Å². The topological polar surface area (TPSA) is 105 Å². The van der Waals surface area contributed by atoms with Crippen LogP contribution >= 0.6 is 11.8 Å². The van der Waals surface area contributed by atoms with Crippen molar-refractivity contribution in [1.82, 2.24) is 15.5 Å². The van der Waals surface area contributed by atoms with E-state index in [1.807, 2.05) is 0 Å². The molecule has 2 N–H and O–H groups in total. The summed E-state index contributed by atoms with van der Waals surface area (Å²) in [6.45, 7) is 0. The zero-order chi connectivity index (χ0) is 15.6. The molecule has 0 aromatic carbocycles. The third-order valence-electron chi connectivity index (χ3n) is 4.03. The molecule has 120 valence electrons. The van der Waals surface area contributed by atoms with Crippen LogP contribution in [0, 0.1) is 0 Å². The van der Waals surface area contributed by atoms with E-state index in [4.69, 9.17) is 4.52 Å². The van der Waals surface area contributed by atoms with Gasteiger partial charge in [0, 0.05) is 24.5 Å². The van der Waals surface area contributed by atoms with Gasteiger partial charge in [-0.2, -0.15) is 16.7 Å². The Kier molecular flexibility index (Phi) is 4.37. The predicted molar refractivity (Wildman–Crippen MR) is 79.7 cm³/mol. The minimum Gasteiger partial charge on any atom is -0.479 e. The Morgan fingerprint density at radius 2 is 2.27 bits per heavy atom. The zero-order valence-corrected chi connectivity index (χ0v) is 13.0. The van der Waals surface area contributed by atoms with E-state index < -0.39 is 11.5 Å². The highest BCUT2D eigenvalue weighted by Crippen LogP contribution is 2.38. The molecule has 1 aliphatic heterocycles. The molecule has 2 fully saturated rings. The summed E-state index contributed by atoms with van der Waals surface area (Å²) < 4.78 is 5.15. The molecule has 1 aromatic heterocycles. The number of hydrogen-bond acceptors (Lipinski definition) is 6. The second kappa shape index (κ2) is 6.28. The highest BCUT2D eigenvalue weighted by molar-refractivity contribution is 7.99. The van der Waals surface area contributed by atoms with E-state index >= 15 is 0 Å². The van der Waals surface area contributed by atoms with Crippen molar-refractivity contribution in [2.75, 3.05) is 11.5 Å². The van der Waals surface area contributed by atoms with Gasteiger partial charge in [-0.25, -0.2) is 4.79 Å². The molecule has 0 spiro atoms. The van der Waals surface area contributed by atoms with Gasteiger partial charge in [-0.05, 0) is 31.4 Å². The summed E-state index contributed by atoms with van der Waals surface area (Å²) in [6, 6.07) is 0. The number of hydrogen-bond donors (Lipinski definition) is 2. The summed E-state index contributed by atoms with van der Waals surface area (Å²) in [7, 11) is 0. The number of aryl methyl sites for hydroxylation is 1. The zero-order valence-electron chi connectivity index (χ0n) is 12.2. The third-order valence-corrected chi connectivity index (χ3v) is 5.22. The summed E-state index contributed by atoms with van der Waals surface area (Å²) in [6.07, 6.45) is 4.10. The van der Waals surface area contributed by atoms with E-state index in [-0.39, 0.29) is 12.3 Å². The molecule has 7 nitrogen and oxygen atoms in total. The molecule has 3 rings (SSSR count). The molecule has 1 aliphatic carbocycles. The van der Waals surface area contributed by atoms with Crippen molar-refractivity contribution in [1.29, 1.82) is 0 Å². The molecule has 1 aromatic rings. The lowest BCUT2D eigenvalue weighted by Crippen LogP contribution is -2.54. The van der Waals surface area contributed by atoms with Gasteiger partial charge in [0.05, 0.1) is 0 Å². The van der Waals surface area contributed by atoms with Crippen LogP contribution in [-0.4, -0.2) is 44.2 Å². The van der Waals surface area contributed by atoms with Crippen LogP contribution in [0.1, 0.15) is 49.7 Å². The van der Waals surface area contributed by atoms with E-state index in [0.29, 0.717) is 36.8 Å². The first kappa shape index (κ1) is 15.3. The van der Waals surface area contributed by atoms with E-state index in [1.165, 1.54) is 0 Å². The Morgan fingerprint density at radius 1 is 1.45 bits per heavy atom. The van der Waals surface area contributed by atoms with Gasteiger partial charge in [0.1, 0.15) is 5.54 Å². The second-order valence-corrected chi connectivity index (χ2v) is 7.02. The number of aliphatic carboxylic acids is 1. The lowest BCUT2D eigenvalue weighted by atomic mass is 9.99. The number of rotatable bonds is 7. The van der Waals surface area contributed by atoms with Gasteiger partial charge in [0.15, 0.2) is 5.82 Å². The van der Waals surface area contributed by atoms with E-state index in [0.717, 1.165) is 24.4 Å². The van der Waals surface area contributed by atoms with Gasteiger partial charge < -0.3 is 14.9 Å². The lowest BCUT2D eigenvalue weighted by molar-refractivity contribution is -0.146. The average Bonchev–Trinajstić information content (AvgIpc) is 3.03. The van der Waals surface area contributed by atoms with Crippen molar-refractivity contribution in [3.63, 3.8) is 0 Å². The summed E-state index contributed by atoms with van der Waals surface area (Å²) in [5, 5.41) is 15.9. The Bertz CT molecular complexity index is 564. The van der Waals surface area contributed by atoms with Gasteiger partial charge in [0.2, 0.25) is 11.8 Å². The Labute approximate surface area is 132 Å². The van der Waals surface area contributed by atoms with Gasteiger partial charge >= 0.3 is 5.97 Å². The standard InChI is InChI=1S/C14H19N3O4S/c18-10(16-14(13(19)20)6-7-22-8-14)2-1-3-11-15-12(17-21-11)9-4-5-9/h9H,1-8H2,(H,16,18)(H,19,20). The summed E-state index contributed by atoms with van der Waals surface area (Å²) in [4.78, 5) is 27.6. The van der Waals surface area contributed by atoms with Gasteiger partial charge in [-0.3, -0.25) is 4.79 Å². The Hall–Kier alpha value is -1.57. The number of carbonyl (C=O) groups excluding carboxylic acids is 1. The fraction of sp³-hybridized carbons (Fsp3) is 0.714. The van der Waals surface area contributed by atoms with Crippen molar-refractivity contribution in [3.05, 3.63) is 11.7 Å². The molecule has 1 saturated carbocycles. The lowest BCUT2D eigenvalue weighted by Gasteiger charge is -2.24. The minimum atomic E-state index is -1.09. The molecule has 1 amide bonds. The van der Waals surface area contributed by atoms with Crippen LogP contribution in [-0.2, 0) is 16.0 Å². The fourth-order valence-electron chi connectivity index (χ4n) is 2.49. The van der Waals surface area contributed by atoms with Crippen molar-refractivity contribution in [2.45, 2.75) is 50.0 Å². The Morgan fingerprint density at radius 3 is 2.91 bits per heavy atom. The molecule has 1 saturated heterocycles. The van der Waals surface area contributed by atoms with Gasteiger partial charge in [-0.15, -0.1) is 0 Å². The van der Waals surface area contributed by atoms with Crippen molar-refractivity contribution in [2.24, 2.45) is 0 Å². The maximum Gasteiger partial charge on any atom is 0.330 e. The Balaban J connectivity index is 1.44. The molecule has 2 heterocycles. The number of carboxylic acids is 1. The molecule has 22 heavy (non-hydrogen) atoms. The van der Waals surface area contributed by atoms with Crippen LogP contribution in [0.5, 0.6) is 0 Å². The number of amides is 1. The van der Waals surface area contributed by atoms with Crippen molar-refractivity contribution < 1.29 is 19.2 Å². The molecule has 1 unspecified atom stereocenters. The van der Waals surface area contributed by atoms with Crippen molar-refractivity contribution >= 4 is 23.6 Å². The first-order valence-corrected chi connectivity index (χ1v) is 8.69. The number of nitrogens with zero attached hydrogens (tertiary/aromatic N) is 2. The maximum atomic E-state index is 12.0. The number of aromatic nitrogens is 2. The van der Waals surface area contributed by atoms with Crippen LogP contribution in [0.15, 0.2) is 4.52 Å². The SMILES string of the molecule is O=C(CCCc1nc(C2CC2)no1)NC1(C(=O)O)CCSC1. The normalized spacial score (nSPS) is 24.4. The number of thioether (sulfide) groups is 1. The smallest absolute Gasteiger partial charge is 0.330 e. The monoisotopic (exact) mass is 325 g/mol. The molecular weight excluding hydrogens is 306 g/mol. The van der Waals surface area contributed by atoms with Crippen LogP contribution < -0.4 is 5.32 Å². The molecule has 2 aliphatic rings. The van der Waals surface area contributed by atoms with Gasteiger partial charge in [-0.1, -0.05) is 5.16 Å². The molecular formula is C14H19N3O4S. The first-order chi connectivity index (χ1) is 10.6. The van der Waals surface area contributed by atoms with E-state index in [9.17, 15) is 14.7 Å². The molecule has 0 bridgehead atoms. The van der Waals surface area contributed by atoms with Crippen LogP contribution in [0.25, 0.3) is 0 Å². The fourth-order valence-corrected chi connectivity index (χ4v) is 3.82. The quantitative estimate of drug-likeness (QED) is 0.779. The predicted octanol–water partition coefficient (Wildman–Crippen LogP) is 1.35. The average molecular weight is 325 g/mol. The van der Waals surface area contributed by atoms with Crippen LogP contribution in [0.3, 0.4) is 0 Å². The molecule has 8 heteroatoms. The maximum absolute atomic E-state index is 12.0. The highest BCUT2D eigenvalue weighted by atomic mass is 32.2. The van der Waals surface area contributed by atoms with Crippen LogP contribution in [0.2, 0.25) is 0 Å². The van der Waals surface area contributed by atoms with Crippen LogP contribution in [0.4, 0.5) is 0 Å². The number of carboxylic acid groups (broad SMARTS) is 1. The van der Waals surface area contributed by atoms with Crippen molar-refractivity contribution in [3.8, 4) is 0 Å². The summed E-state index contributed by atoms with van der Waals surface area (Å²) in [5.74, 6) is 1.80. The summed E-state index contributed by atoms with van der Waals surface area (Å²) >= 11 is 1.55. The molecule has 0 radical (unpaired) electrons. The summed E-state index contributed by atoms with van der Waals surface area (Å²) in [5.41, 5.74) is -1.09. The van der Waals surface area contributed by atoms with E-state index in [1.54, 1.807) is 11.8 Å². The van der Waals surface area contributed by atoms with Gasteiger partial charge in [0.25, 0.3) is 0 Å². The first-order valence-electron chi connectivity index (χ1n) is 7.54. The second-order valence-electron chi connectivity index (χ2n) is 5.91. The number of carbonyl (C=O) groups is 2. The molecule has 1 atom stereocenters. The largest absolute Gasteiger partial charge is 0.479 e. The third kappa shape index (κ3) is 3.43. The minimum absolute atomic E-state index is 0.230.